The maximum Gasteiger partial charge on any atom is 0.146 e. The Morgan fingerprint density at radius 3 is 1.31 bits per heavy atom. The molecule has 0 aliphatic heterocycles. The van der Waals surface area contributed by atoms with E-state index in [1.165, 1.54) is 0 Å². The van der Waals surface area contributed by atoms with Gasteiger partial charge in [-0.2, -0.15) is 0 Å². The number of carbonyl (C=O) groups is 1. The number of nitrogens with one attached hydrogen (secondary N) is 2. The van der Waals surface area contributed by atoms with E-state index in [2.05, 4.69) is 10.6 Å². The van der Waals surface area contributed by atoms with Gasteiger partial charge in [0.25, 0.3) is 0 Å². The molecule has 0 aliphatic carbocycles. The summed E-state index contributed by atoms with van der Waals surface area (Å²) < 4.78 is 0. The Kier molecular flexibility index (Phi) is 41.3. The molecule has 0 fully saturated rings. The average Bonchev–Trinajstić information content (AvgIpc) is 2.49. The third-order valence-corrected chi connectivity index (χ3v) is 3.73. The lowest BCUT2D eigenvalue weighted by molar-refractivity contribution is -0.118. The molecule has 0 spiro atoms. The Balaban J connectivity index is -0.0000000547. The Labute approximate surface area is 165 Å². The van der Waals surface area contributed by atoms with Gasteiger partial charge in [0.05, 0.1) is 18.2 Å². The number of aliphatic hydroxyl groups is 2. The summed E-state index contributed by atoms with van der Waals surface area (Å²) in [6, 6.07) is 0.282. The minimum absolute atomic E-state index is 0. The average molecular weight is 384 g/mol. The van der Waals surface area contributed by atoms with Crippen molar-refractivity contribution in [1.82, 2.24) is 10.6 Å². The number of likely N-dealkylation sites (N-methyl/N-ethyl adjacent to an activating group) is 2. The Bertz CT molecular complexity index is 255. The van der Waals surface area contributed by atoms with Gasteiger partial charge >= 0.3 is 0 Å². The van der Waals surface area contributed by atoms with Gasteiger partial charge in [0.15, 0.2) is 0 Å². The molecule has 166 valence electrons. The highest BCUT2D eigenvalue weighted by Gasteiger charge is 2.07. The molecular formula is C20H53N3O3. The topological polar surface area (TPSA) is 108 Å². The van der Waals surface area contributed by atoms with Crippen LogP contribution in [0.3, 0.4) is 0 Å². The van der Waals surface area contributed by atoms with E-state index in [0.717, 1.165) is 19.3 Å². The molecule has 0 unspecified atom stereocenters. The van der Waals surface area contributed by atoms with E-state index in [1.54, 1.807) is 27.8 Å². The fraction of sp³-hybridized carbons (Fsp3) is 0.950. The first-order chi connectivity index (χ1) is 10.6. The van der Waals surface area contributed by atoms with Gasteiger partial charge in [0, 0.05) is 12.1 Å². The minimum atomic E-state index is -0.356. The number of hydrogen-bond donors (Lipinski definition) is 5. The Hall–Kier alpha value is -0.530. The zero-order chi connectivity index (χ0) is 19.0. The first-order valence-electron chi connectivity index (χ1n) is 8.59. The molecule has 0 amide bonds. The summed E-state index contributed by atoms with van der Waals surface area (Å²) in [7, 11) is 3.66. The number of rotatable bonds is 8. The fourth-order valence-electron chi connectivity index (χ4n) is 1.82. The fourth-order valence-corrected chi connectivity index (χ4v) is 1.82. The summed E-state index contributed by atoms with van der Waals surface area (Å²) in [6.07, 6.45) is 2.12. The van der Waals surface area contributed by atoms with Crippen LogP contribution in [-0.4, -0.2) is 60.4 Å². The monoisotopic (exact) mass is 383 g/mol. The molecule has 0 saturated carbocycles. The first kappa shape index (κ1) is 40.2. The van der Waals surface area contributed by atoms with E-state index in [4.69, 9.17) is 15.9 Å². The summed E-state index contributed by atoms with van der Waals surface area (Å²) in [5.74, 6) is 0.218. The summed E-state index contributed by atoms with van der Waals surface area (Å²) >= 11 is 0. The molecule has 6 nitrogen and oxygen atoms in total. The van der Waals surface area contributed by atoms with Crippen LogP contribution in [0.15, 0.2) is 0 Å². The minimum Gasteiger partial charge on any atom is -0.392 e. The molecule has 6 heteroatoms. The second-order valence-electron chi connectivity index (χ2n) is 5.72. The van der Waals surface area contributed by atoms with E-state index >= 15 is 0 Å². The molecule has 0 aromatic heterocycles. The highest BCUT2D eigenvalue weighted by Crippen LogP contribution is 1.94. The SMILES string of the molecule is C.C.C.CC[C@H](N)[C@@H](C)O.CC[C@H](NC)C(C)=O.CC[C@H](NC)[C@@H](C)O. The molecule has 0 rings (SSSR count). The lowest BCUT2D eigenvalue weighted by atomic mass is 10.1. The summed E-state index contributed by atoms with van der Waals surface area (Å²) in [4.78, 5) is 10.5. The molecule has 0 radical (unpaired) electrons. The van der Waals surface area contributed by atoms with Gasteiger partial charge < -0.3 is 26.6 Å². The molecule has 0 bridgehead atoms. The molecule has 0 saturated heterocycles. The first-order valence-corrected chi connectivity index (χ1v) is 8.59. The summed E-state index contributed by atoms with van der Waals surface area (Å²) in [5.41, 5.74) is 5.37. The Morgan fingerprint density at radius 1 is 0.885 bits per heavy atom. The summed E-state index contributed by atoms with van der Waals surface area (Å²) in [5, 5.41) is 23.5. The van der Waals surface area contributed by atoms with Gasteiger partial charge in [-0.15, -0.1) is 0 Å². The van der Waals surface area contributed by atoms with Crippen molar-refractivity contribution in [1.29, 1.82) is 0 Å². The third-order valence-electron chi connectivity index (χ3n) is 3.73. The van der Waals surface area contributed by atoms with Crippen molar-refractivity contribution in [3.63, 3.8) is 0 Å². The van der Waals surface area contributed by atoms with Gasteiger partial charge in [-0.05, 0) is 54.1 Å². The van der Waals surface area contributed by atoms with Crippen molar-refractivity contribution in [3.8, 4) is 0 Å². The van der Waals surface area contributed by atoms with Crippen LogP contribution in [-0.2, 0) is 4.79 Å². The van der Waals surface area contributed by atoms with Gasteiger partial charge in [0.2, 0.25) is 0 Å². The Morgan fingerprint density at radius 2 is 1.31 bits per heavy atom. The van der Waals surface area contributed by atoms with Crippen LogP contribution in [0.4, 0.5) is 0 Å². The van der Waals surface area contributed by atoms with E-state index in [-0.39, 0.29) is 58.4 Å². The van der Waals surface area contributed by atoms with Crippen molar-refractivity contribution in [2.75, 3.05) is 14.1 Å². The number of ketones is 1. The van der Waals surface area contributed by atoms with Crippen LogP contribution in [0, 0.1) is 0 Å². The number of hydrogen-bond acceptors (Lipinski definition) is 6. The van der Waals surface area contributed by atoms with Crippen LogP contribution < -0.4 is 16.4 Å². The zero-order valence-electron chi connectivity index (χ0n) is 16.4. The predicted octanol–water partition coefficient (Wildman–Crippen LogP) is 2.95. The smallest absolute Gasteiger partial charge is 0.146 e. The standard InChI is InChI=1S/C6H15NO.C6H13NO.C5H13NO.3CH4/c2*1-4-6(7-3)5(2)8;1-3-5(6)4(2)7;;;/h5-8H,4H2,1-3H3;6-7H,4H2,1-3H3;4-5,7H,3,6H2,1-2H3;3*1H4/t5-,6+;6-;4-,5+;;;/m101.../s1. The van der Waals surface area contributed by atoms with E-state index in [9.17, 15) is 4.79 Å². The molecule has 26 heavy (non-hydrogen) atoms. The van der Waals surface area contributed by atoms with E-state index in [0.29, 0.717) is 0 Å². The van der Waals surface area contributed by atoms with Crippen LogP contribution in [0.2, 0.25) is 0 Å². The second-order valence-corrected chi connectivity index (χ2v) is 5.72. The van der Waals surface area contributed by atoms with Gasteiger partial charge in [-0.1, -0.05) is 43.1 Å². The maximum absolute atomic E-state index is 10.5. The molecule has 0 aromatic rings. The normalized spacial score (nSPS) is 14.7. The van der Waals surface area contributed by atoms with Crippen molar-refractivity contribution < 1.29 is 15.0 Å². The molecule has 5 atom stereocenters. The third kappa shape index (κ3) is 25.7. The van der Waals surface area contributed by atoms with Crippen molar-refractivity contribution in [2.45, 2.75) is 113 Å². The highest BCUT2D eigenvalue weighted by atomic mass is 16.3. The molecule has 6 N–H and O–H groups in total. The molecule has 0 aliphatic rings. The lowest BCUT2D eigenvalue weighted by Crippen LogP contribution is -2.34. The van der Waals surface area contributed by atoms with Crippen LogP contribution in [0.1, 0.15) is 83.1 Å². The lowest BCUT2D eigenvalue weighted by Gasteiger charge is -2.15. The van der Waals surface area contributed by atoms with Crippen molar-refractivity contribution >= 4 is 5.78 Å². The van der Waals surface area contributed by atoms with Gasteiger partial charge in [0.1, 0.15) is 5.78 Å². The summed E-state index contributed by atoms with van der Waals surface area (Å²) in [6.45, 7) is 11.1. The molecular weight excluding hydrogens is 330 g/mol. The number of Topliss-reactive ketones (excluding diaryl/α,β-unsaturated/α-hetero) is 1. The van der Waals surface area contributed by atoms with Crippen LogP contribution >= 0.6 is 0 Å². The number of nitrogens with two attached hydrogens (primary N) is 1. The van der Waals surface area contributed by atoms with Crippen molar-refractivity contribution in [3.05, 3.63) is 0 Å². The maximum atomic E-state index is 10.5. The quantitative estimate of drug-likeness (QED) is 0.441. The van der Waals surface area contributed by atoms with E-state index in [1.807, 2.05) is 27.8 Å². The van der Waals surface area contributed by atoms with Crippen LogP contribution in [0.5, 0.6) is 0 Å². The van der Waals surface area contributed by atoms with Crippen molar-refractivity contribution in [2.24, 2.45) is 5.73 Å². The molecule has 0 aromatic carbocycles. The largest absolute Gasteiger partial charge is 0.392 e. The van der Waals surface area contributed by atoms with E-state index < -0.39 is 0 Å². The highest BCUT2D eigenvalue weighted by molar-refractivity contribution is 5.81. The number of aliphatic hydroxyl groups excluding tert-OH is 2. The predicted molar refractivity (Wildman–Crippen MR) is 119 cm³/mol. The molecule has 0 heterocycles. The van der Waals surface area contributed by atoms with Crippen LogP contribution in [0.25, 0.3) is 0 Å². The van der Waals surface area contributed by atoms with Gasteiger partial charge in [-0.25, -0.2) is 0 Å². The second kappa shape index (κ2) is 26.7. The zero-order valence-corrected chi connectivity index (χ0v) is 16.4. The number of carbonyl (C=O) groups excluding carboxylic acids is 1. The van der Waals surface area contributed by atoms with Gasteiger partial charge in [-0.3, -0.25) is 4.79 Å².